The van der Waals surface area contributed by atoms with E-state index in [1.807, 2.05) is 24.3 Å². The Morgan fingerprint density at radius 3 is 2.85 bits per heavy atom. The first-order valence-electron chi connectivity index (χ1n) is 8.22. The summed E-state index contributed by atoms with van der Waals surface area (Å²) in [6.45, 7) is 1.80. The van der Waals surface area contributed by atoms with E-state index in [1.54, 1.807) is 17.6 Å². The van der Waals surface area contributed by atoms with Crippen molar-refractivity contribution in [1.82, 2.24) is 9.55 Å². The highest BCUT2D eigenvalue weighted by Crippen LogP contribution is 2.36. The molecule has 0 saturated heterocycles. The van der Waals surface area contributed by atoms with Gasteiger partial charge in [0.1, 0.15) is 12.2 Å². The number of imidazole rings is 1. The second-order valence-corrected chi connectivity index (χ2v) is 7.13. The van der Waals surface area contributed by atoms with Crippen LogP contribution >= 0.6 is 15.9 Å². The molecule has 0 unspecified atom stereocenters. The molecular formula is C19H15BrFN3O2. The topological polar surface area (TPSA) is 67.5 Å². The van der Waals surface area contributed by atoms with E-state index >= 15 is 0 Å². The van der Waals surface area contributed by atoms with Gasteiger partial charge in [0.2, 0.25) is 0 Å². The predicted octanol–water partition coefficient (Wildman–Crippen LogP) is 4.77. The lowest BCUT2D eigenvalue weighted by Gasteiger charge is -2.15. The number of benzene rings is 1. The maximum Gasteiger partial charge on any atom is 0.356 e. The van der Waals surface area contributed by atoms with Crippen LogP contribution in [-0.2, 0) is 0 Å². The summed E-state index contributed by atoms with van der Waals surface area (Å²) in [5.41, 5.74) is 2.89. The molecule has 1 aromatic carbocycles. The molecule has 26 heavy (non-hydrogen) atoms. The van der Waals surface area contributed by atoms with Crippen molar-refractivity contribution in [2.45, 2.75) is 25.8 Å². The molecule has 0 amide bonds. The molecular weight excluding hydrogens is 401 g/mol. The molecule has 1 atom stereocenters. The van der Waals surface area contributed by atoms with Crippen molar-refractivity contribution in [2.24, 2.45) is 4.99 Å². The molecule has 1 N–H and O–H groups in total. The zero-order valence-electron chi connectivity index (χ0n) is 13.9. The van der Waals surface area contributed by atoms with Crippen LogP contribution in [0.15, 0.2) is 57.5 Å². The molecule has 2 aromatic rings. The summed E-state index contributed by atoms with van der Waals surface area (Å²) in [5.74, 6) is -1.40. The number of fused-ring (bicyclic) bond motifs is 3. The maximum atomic E-state index is 14.5. The van der Waals surface area contributed by atoms with E-state index < -0.39 is 12.0 Å². The number of nitrogens with zero attached hydrogens (tertiary/aromatic N) is 3. The fourth-order valence-electron chi connectivity index (χ4n) is 3.42. The third kappa shape index (κ3) is 2.63. The number of halogens is 2. The molecule has 0 fully saturated rings. The molecule has 1 aliphatic carbocycles. The fourth-order valence-corrected chi connectivity index (χ4v) is 3.78. The monoisotopic (exact) mass is 415 g/mol. The lowest BCUT2D eigenvalue weighted by atomic mass is 9.95. The largest absolute Gasteiger partial charge is 0.476 e. The summed E-state index contributed by atoms with van der Waals surface area (Å²) in [4.78, 5) is 20.3. The van der Waals surface area contributed by atoms with Gasteiger partial charge in [-0.1, -0.05) is 22.0 Å². The average Bonchev–Trinajstić information content (AvgIpc) is 3.01. The average molecular weight is 416 g/mol. The van der Waals surface area contributed by atoms with Gasteiger partial charge in [0.05, 0.1) is 23.1 Å². The highest BCUT2D eigenvalue weighted by atomic mass is 79.9. The van der Waals surface area contributed by atoms with Crippen LogP contribution in [0.25, 0.3) is 5.69 Å². The van der Waals surface area contributed by atoms with Crippen molar-refractivity contribution in [3.05, 3.63) is 69.5 Å². The van der Waals surface area contributed by atoms with Gasteiger partial charge in [-0.2, -0.15) is 0 Å². The van der Waals surface area contributed by atoms with E-state index in [0.717, 1.165) is 22.1 Å². The molecule has 7 heteroatoms. The fraction of sp³-hybridized carbons (Fsp3) is 0.211. The van der Waals surface area contributed by atoms with Crippen molar-refractivity contribution in [2.75, 3.05) is 0 Å². The third-order valence-corrected chi connectivity index (χ3v) is 5.04. The summed E-state index contributed by atoms with van der Waals surface area (Å²) in [7, 11) is 0. The van der Waals surface area contributed by atoms with Gasteiger partial charge >= 0.3 is 5.97 Å². The van der Waals surface area contributed by atoms with Gasteiger partial charge in [0.15, 0.2) is 5.69 Å². The van der Waals surface area contributed by atoms with E-state index in [2.05, 4.69) is 20.9 Å². The first-order valence-corrected chi connectivity index (χ1v) is 9.02. The Morgan fingerprint density at radius 1 is 1.35 bits per heavy atom. The minimum absolute atomic E-state index is 0.0370. The van der Waals surface area contributed by atoms with E-state index in [0.29, 0.717) is 23.4 Å². The Kier molecular flexibility index (Phi) is 4.11. The number of aromatic nitrogens is 2. The van der Waals surface area contributed by atoms with E-state index in [4.69, 9.17) is 4.99 Å². The Bertz CT molecular complexity index is 1020. The van der Waals surface area contributed by atoms with Crippen molar-refractivity contribution >= 4 is 27.6 Å². The van der Waals surface area contributed by atoms with Crippen molar-refractivity contribution in [3.8, 4) is 5.69 Å². The molecule has 2 aliphatic rings. The van der Waals surface area contributed by atoms with Crippen LogP contribution in [0.1, 0.15) is 47.6 Å². The first-order chi connectivity index (χ1) is 12.5. The third-order valence-electron chi connectivity index (χ3n) is 4.55. The SMILES string of the molecule is C[C@H]1N=C(C2=CCCC=C2F)c2cc(Br)ccc2-n2cnc(C(=O)O)c21. The molecule has 0 saturated carbocycles. The van der Waals surface area contributed by atoms with E-state index in [1.165, 1.54) is 6.33 Å². The van der Waals surface area contributed by atoms with Crippen LogP contribution in [-0.4, -0.2) is 26.3 Å². The predicted molar refractivity (Wildman–Crippen MR) is 99.7 cm³/mol. The number of carboxylic acids is 1. The zero-order chi connectivity index (χ0) is 18.4. The number of allylic oxidation sites excluding steroid dienone is 4. The lowest BCUT2D eigenvalue weighted by Crippen LogP contribution is -2.10. The Balaban J connectivity index is 2.02. The molecule has 2 heterocycles. The van der Waals surface area contributed by atoms with E-state index in [9.17, 15) is 14.3 Å². The van der Waals surface area contributed by atoms with Crippen LogP contribution < -0.4 is 0 Å². The van der Waals surface area contributed by atoms with Crippen molar-refractivity contribution in [3.63, 3.8) is 0 Å². The number of aliphatic imine (C=N–C) groups is 1. The minimum Gasteiger partial charge on any atom is -0.476 e. The Hall–Kier alpha value is -2.54. The van der Waals surface area contributed by atoms with Gasteiger partial charge in [-0.3, -0.25) is 9.56 Å². The zero-order valence-corrected chi connectivity index (χ0v) is 15.5. The van der Waals surface area contributed by atoms with Crippen LogP contribution in [0, 0.1) is 0 Å². The second kappa shape index (κ2) is 6.32. The quantitative estimate of drug-likeness (QED) is 0.767. The minimum atomic E-state index is -1.11. The van der Waals surface area contributed by atoms with Crippen molar-refractivity contribution in [1.29, 1.82) is 0 Å². The normalized spacial score (nSPS) is 18.9. The van der Waals surface area contributed by atoms with Crippen LogP contribution in [0.3, 0.4) is 0 Å². The van der Waals surface area contributed by atoms with Gasteiger partial charge in [0, 0.05) is 15.6 Å². The first kappa shape index (κ1) is 16.9. The van der Waals surface area contributed by atoms with Gasteiger partial charge in [0.25, 0.3) is 0 Å². The van der Waals surface area contributed by atoms with Crippen LogP contribution in [0.5, 0.6) is 0 Å². The van der Waals surface area contributed by atoms with Gasteiger partial charge in [-0.05, 0) is 44.0 Å². The molecule has 4 rings (SSSR count). The molecule has 1 aromatic heterocycles. The molecule has 0 bridgehead atoms. The summed E-state index contributed by atoms with van der Waals surface area (Å²) < 4.78 is 17.1. The highest BCUT2D eigenvalue weighted by molar-refractivity contribution is 9.10. The summed E-state index contributed by atoms with van der Waals surface area (Å²) in [6, 6.07) is 5.10. The smallest absolute Gasteiger partial charge is 0.356 e. The molecule has 0 spiro atoms. The second-order valence-electron chi connectivity index (χ2n) is 6.22. The number of carboxylic acid groups (broad SMARTS) is 1. The number of hydrogen-bond donors (Lipinski definition) is 1. The number of hydrogen-bond acceptors (Lipinski definition) is 3. The molecule has 1 aliphatic heterocycles. The standard InChI is InChI=1S/C19H15BrFN3O2/c1-10-18-17(19(25)26)22-9-24(18)15-7-6-11(20)8-13(15)16(23-10)12-4-2-3-5-14(12)21/h4-10H,2-3H2,1H3,(H,25,26)/t10-/m1/s1. The molecule has 132 valence electrons. The summed E-state index contributed by atoms with van der Waals surface area (Å²) in [6.07, 6.45) is 6.31. The van der Waals surface area contributed by atoms with Crippen molar-refractivity contribution < 1.29 is 14.3 Å². The highest BCUT2D eigenvalue weighted by Gasteiger charge is 2.30. The van der Waals surface area contributed by atoms with Crippen LogP contribution in [0.2, 0.25) is 0 Å². The van der Waals surface area contributed by atoms with Crippen LogP contribution in [0.4, 0.5) is 4.39 Å². The van der Waals surface area contributed by atoms with E-state index in [-0.39, 0.29) is 11.5 Å². The number of carbonyl (C=O) groups is 1. The van der Waals surface area contributed by atoms with Gasteiger partial charge in [-0.25, -0.2) is 14.2 Å². The Morgan fingerprint density at radius 2 is 2.12 bits per heavy atom. The molecule has 0 radical (unpaired) electrons. The van der Waals surface area contributed by atoms with Gasteiger partial charge in [-0.15, -0.1) is 0 Å². The van der Waals surface area contributed by atoms with Gasteiger partial charge < -0.3 is 5.11 Å². The molecule has 5 nitrogen and oxygen atoms in total. The number of aromatic carboxylic acids is 1. The summed E-state index contributed by atoms with van der Waals surface area (Å²) >= 11 is 3.46. The lowest BCUT2D eigenvalue weighted by molar-refractivity contribution is 0.0689. The summed E-state index contributed by atoms with van der Waals surface area (Å²) in [5, 5.41) is 9.48. The maximum absolute atomic E-state index is 14.5. The Labute approximate surface area is 157 Å². The number of rotatable bonds is 2.